The van der Waals surface area contributed by atoms with E-state index in [-0.39, 0.29) is 29.2 Å². The lowest BCUT2D eigenvalue weighted by atomic mass is 10.1. The fraction of sp³-hybridized carbons (Fsp3) is 0.292. The lowest BCUT2D eigenvalue weighted by Gasteiger charge is -2.16. The van der Waals surface area contributed by atoms with Crippen LogP contribution in [-0.4, -0.2) is 71.0 Å². The van der Waals surface area contributed by atoms with E-state index in [0.717, 1.165) is 12.8 Å². The number of aromatic nitrogens is 4. The molecule has 4 rings (SSSR count). The summed E-state index contributed by atoms with van der Waals surface area (Å²) in [6.45, 7) is 0. The number of nitrogens with zero attached hydrogens (tertiary/aromatic N) is 5. The standard InChI is InChI=1S/C24H26N8O4/c1-25-23(34)19-17(10-18(30-31-19)29-22(33)13-8-9-13)28-16-7-5-6-15(20(16)36-4)21-26-11-14(12-27-21)24(35)32(2)3/h5-7,10-13H,8-9H2,1-4H3,(H,25,34)(H2,28,29,30,33). The van der Waals surface area contributed by atoms with Gasteiger partial charge in [-0.2, -0.15) is 0 Å². The predicted molar refractivity (Wildman–Crippen MR) is 132 cm³/mol. The van der Waals surface area contributed by atoms with Crippen molar-refractivity contribution in [1.82, 2.24) is 30.4 Å². The summed E-state index contributed by atoms with van der Waals surface area (Å²) in [5.74, 6) is 0.177. The van der Waals surface area contributed by atoms with Crippen molar-refractivity contribution < 1.29 is 19.1 Å². The summed E-state index contributed by atoms with van der Waals surface area (Å²) in [5, 5.41) is 16.4. The molecule has 3 aromatic rings. The summed E-state index contributed by atoms with van der Waals surface area (Å²) in [6, 6.07) is 6.84. The topological polar surface area (TPSA) is 151 Å². The Kier molecular flexibility index (Phi) is 7.04. The van der Waals surface area contributed by atoms with E-state index in [1.54, 1.807) is 38.4 Å². The molecule has 36 heavy (non-hydrogen) atoms. The number of benzene rings is 1. The van der Waals surface area contributed by atoms with Gasteiger partial charge in [0.1, 0.15) is 0 Å². The van der Waals surface area contributed by atoms with Crippen LogP contribution in [0, 0.1) is 5.92 Å². The second kappa shape index (κ2) is 10.3. The molecular weight excluding hydrogens is 464 g/mol. The van der Waals surface area contributed by atoms with E-state index in [1.807, 2.05) is 0 Å². The van der Waals surface area contributed by atoms with Crippen LogP contribution in [0.25, 0.3) is 11.4 Å². The first kappa shape index (κ1) is 24.5. The van der Waals surface area contributed by atoms with Crippen LogP contribution >= 0.6 is 0 Å². The average Bonchev–Trinajstić information content (AvgIpc) is 3.74. The van der Waals surface area contributed by atoms with Crippen molar-refractivity contribution in [3.05, 3.63) is 47.9 Å². The molecule has 0 spiro atoms. The second-order valence-corrected chi connectivity index (χ2v) is 8.34. The number of methoxy groups -OCH3 is 1. The number of hydrogen-bond donors (Lipinski definition) is 3. The van der Waals surface area contributed by atoms with Crippen LogP contribution in [0.3, 0.4) is 0 Å². The number of amides is 3. The van der Waals surface area contributed by atoms with Crippen molar-refractivity contribution in [1.29, 1.82) is 0 Å². The van der Waals surface area contributed by atoms with E-state index >= 15 is 0 Å². The summed E-state index contributed by atoms with van der Waals surface area (Å²) in [7, 11) is 6.29. The number of carbonyl (C=O) groups is 3. The Hall–Kier alpha value is -4.61. The minimum absolute atomic E-state index is 0.0157. The van der Waals surface area contributed by atoms with E-state index in [2.05, 4.69) is 36.1 Å². The smallest absolute Gasteiger partial charge is 0.273 e. The van der Waals surface area contributed by atoms with E-state index in [9.17, 15) is 14.4 Å². The molecule has 1 aromatic carbocycles. The van der Waals surface area contributed by atoms with Gasteiger partial charge in [0.05, 0.1) is 29.6 Å². The molecule has 0 radical (unpaired) electrons. The Balaban J connectivity index is 1.68. The molecule has 0 aliphatic heterocycles. The molecule has 2 heterocycles. The Labute approximate surface area is 207 Å². The maximum absolute atomic E-state index is 12.4. The van der Waals surface area contributed by atoms with Gasteiger partial charge in [-0.05, 0) is 25.0 Å². The molecule has 0 bridgehead atoms. The first-order valence-electron chi connectivity index (χ1n) is 11.2. The molecule has 186 valence electrons. The van der Waals surface area contributed by atoms with Crippen LogP contribution in [-0.2, 0) is 4.79 Å². The van der Waals surface area contributed by atoms with Crippen LogP contribution in [0.4, 0.5) is 17.2 Å². The predicted octanol–water partition coefficient (Wildman–Crippen LogP) is 2.10. The molecule has 1 aliphatic rings. The van der Waals surface area contributed by atoms with Crippen LogP contribution in [0.5, 0.6) is 5.75 Å². The SMILES string of the molecule is CNC(=O)c1nnc(NC(=O)C2CC2)cc1Nc1cccc(-c2ncc(C(=O)N(C)C)cn2)c1OC. The summed E-state index contributed by atoms with van der Waals surface area (Å²) in [6.07, 6.45) is 4.60. The number of carbonyl (C=O) groups excluding carboxylic acids is 3. The lowest BCUT2D eigenvalue weighted by Crippen LogP contribution is -2.22. The van der Waals surface area contributed by atoms with Gasteiger partial charge in [0.15, 0.2) is 23.1 Å². The van der Waals surface area contributed by atoms with Gasteiger partial charge < -0.3 is 25.6 Å². The zero-order valence-electron chi connectivity index (χ0n) is 20.3. The summed E-state index contributed by atoms with van der Waals surface area (Å²) in [4.78, 5) is 46.9. The Bertz CT molecular complexity index is 1310. The second-order valence-electron chi connectivity index (χ2n) is 8.34. The van der Waals surface area contributed by atoms with E-state index in [4.69, 9.17) is 4.74 Å². The highest BCUT2D eigenvalue weighted by Gasteiger charge is 2.30. The third kappa shape index (κ3) is 5.22. The zero-order chi connectivity index (χ0) is 25.8. The maximum atomic E-state index is 12.4. The van der Waals surface area contributed by atoms with E-state index in [0.29, 0.717) is 34.1 Å². The summed E-state index contributed by atoms with van der Waals surface area (Å²) >= 11 is 0. The molecular formula is C24H26N8O4. The van der Waals surface area contributed by atoms with Crippen molar-refractivity contribution in [2.75, 3.05) is 38.9 Å². The molecule has 1 fully saturated rings. The Morgan fingerprint density at radius 2 is 1.78 bits per heavy atom. The normalized spacial score (nSPS) is 12.4. The van der Waals surface area contributed by atoms with Gasteiger partial charge in [0.2, 0.25) is 5.91 Å². The van der Waals surface area contributed by atoms with Crippen molar-refractivity contribution in [2.24, 2.45) is 5.92 Å². The first-order valence-corrected chi connectivity index (χ1v) is 11.2. The zero-order valence-corrected chi connectivity index (χ0v) is 20.3. The van der Waals surface area contributed by atoms with Crippen molar-refractivity contribution in [3.63, 3.8) is 0 Å². The van der Waals surface area contributed by atoms with E-state index < -0.39 is 5.91 Å². The highest BCUT2D eigenvalue weighted by molar-refractivity contribution is 6.00. The van der Waals surface area contributed by atoms with Gasteiger partial charge in [0.25, 0.3) is 11.8 Å². The van der Waals surface area contributed by atoms with Gasteiger partial charge in [-0.15, -0.1) is 10.2 Å². The summed E-state index contributed by atoms with van der Waals surface area (Å²) < 4.78 is 5.66. The van der Waals surface area contributed by atoms with Gasteiger partial charge in [-0.1, -0.05) is 6.07 Å². The van der Waals surface area contributed by atoms with E-state index in [1.165, 1.54) is 31.5 Å². The van der Waals surface area contributed by atoms with Crippen molar-refractivity contribution in [2.45, 2.75) is 12.8 Å². The van der Waals surface area contributed by atoms with Crippen LogP contribution in [0.2, 0.25) is 0 Å². The van der Waals surface area contributed by atoms with Gasteiger partial charge in [-0.3, -0.25) is 14.4 Å². The molecule has 0 atom stereocenters. The van der Waals surface area contributed by atoms with Crippen molar-refractivity contribution >= 4 is 34.9 Å². The Morgan fingerprint density at radius 1 is 1.06 bits per heavy atom. The number of nitrogens with one attached hydrogen (secondary N) is 3. The highest BCUT2D eigenvalue weighted by Crippen LogP contribution is 2.37. The molecule has 12 heteroatoms. The number of rotatable bonds is 8. The Morgan fingerprint density at radius 3 is 2.39 bits per heavy atom. The number of anilines is 3. The molecule has 2 aromatic heterocycles. The monoisotopic (exact) mass is 490 g/mol. The first-order chi connectivity index (χ1) is 17.3. The lowest BCUT2D eigenvalue weighted by molar-refractivity contribution is -0.117. The van der Waals surface area contributed by atoms with Gasteiger partial charge in [-0.25, -0.2) is 9.97 Å². The molecule has 3 N–H and O–H groups in total. The number of hydrogen-bond acceptors (Lipinski definition) is 9. The molecule has 0 unspecified atom stereocenters. The molecule has 1 aliphatic carbocycles. The molecule has 12 nitrogen and oxygen atoms in total. The summed E-state index contributed by atoms with van der Waals surface area (Å²) in [5.41, 5.74) is 1.79. The number of ether oxygens (including phenoxy) is 1. The minimum Gasteiger partial charge on any atom is -0.494 e. The third-order valence-electron chi connectivity index (χ3n) is 5.47. The van der Waals surface area contributed by atoms with Crippen LogP contribution in [0.1, 0.15) is 33.7 Å². The number of para-hydroxylation sites is 1. The quantitative estimate of drug-likeness (QED) is 0.431. The van der Waals surface area contributed by atoms with Gasteiger partial charge >= 0.3 is 0 Å². The molecule has 1 saturated carbocycles. The van der Waals surface area contributed by atoms with Crippen molar-refractivity contribution in [3.8, 4) is 17.1 Å². The fourth-order valence-electron chi connectivity index (χ4n) is 3.42. The highest BCUT2D eigenvalue weighted by atomic mass is 16.5. The largest absolute Gasteiger partial charge is 0.494 e. The van der Waals surface area contributed by atoms with Crippen LogP contribution < -0.4 is 20.7 Å². The molecule has 0 saturated heterocycles. The minimum atomic E-state index is -0.454. The third-order valence-corrected chi connectivity index (χ3v) is 5.47. The molecule has 3 amide bonds. The van der Waals surface area contributed by atoms with Crippen LogP contribution in [0.15, 0.2) is 36.7 Å². The fourth-order valence-corrected chi connectivity index (χ4v) is 3.42. The average molecular weight is 491 g/mol. The maximum Gasteiger partial charge on any atom is 0.273 e. The van der Waals surface area contributed by atoms with Gasteiger partial charge in [0, 0.05) is 45.5 Å².